The summed E-state index contributed by atoms with van der Waals surface area (Å²) in [5.41, 5.74) is 0.649. The number of nitrogens with zero attached hydrogens (tertiary/aromatic N) is 2. The van der Waals surface area contributed by atoms with Gasteiger partial charge in [0.1, 0.15) is 6.04 Å². The van der Waals surface area contributed by atoms with Crippen LogP contribution in [0.2, 0.25) is 0 Å². The number of H-pyrrole nitrogens is 1. The molecule has 1 heterocycles. The van der Waals surface area contributed by atoms with Gasteiger partial charge in [0.2, 0.25) is 0 Å². The van der Waals surface area contributed by atoms with Crippen molar-refractivity contribution in [1.29, 1.82) is 0 Å². The SMILES string of the molecule is CCN(C(=O)N[C@@H](Cc1cnc[nH]1)C(=O)O)C(C)COC. The number of carbonyl (C=O) groups excluding carboxylic acids is 1. The average molecular weight is 298 g/mol. The summed E-state index contributed by atoms with van der Waals surface area (Å²) in [5.74, 6) is -1.09. The number of nitrogens with one attached hydrogen (secondary N) is 2. The molecule has 1 aromatic heterocycles. The molecular weight excluding hydrogens is 276 g/mol. The number of likely N-dealkylation sites (N-methyl/N-ethyl adjacent to an activating group) is 1. The van der Waals surface area contributed by atoms with E-state index in [2.05, 4.69) is 15.3 Å². The monoisotopic (exact) mass is 298 g/mol. The van der Waals surface area contributed by atoms with Gasteiger partial charge >= 0.3 is 12.0 Å². The predicted octanol–water partition coefficient (Wildman–Crippen LogP) is 0.472. The number of aromatic amines is 1. The van der Waals surface area contributed by atoms with E-state index < -0.39 is 18.0 Å². The van der Waals surface area contributed by atoms with E-state index in [4.69, 9.17) is 4.74 Å². The third-order valence-corrected chi connectivity index (χ3v) is 3.12. The first-order valence-corrected chi connectivity index (χ1v) is 6.75. The minimum Gasteiger partial charge on any atom is -0.480 e. The quantitative estimate of drug-likeness (QED) is 0.646. The van der Waals surface area contributed by atoms with Gasteiger partial charge in [-0.2, -0.15) is 0 Å². The van der Waals surface area contributed by atoms with Gasteiger partial charge in [0.15, 0.2) is 0 Å². The molecule has 8 nitrogen and oxygen atoms in total. The number of carbonyl (C=O) groups is 2. The molecule has 2 amide bonds. The highest BCUT2D eigenvalue weighted by Crippen LogP contribution is 2.04. The molecule has 0 fully saturated rings. The Morgan fingerprint density at radius 2 is 2.29 bits per heavy atom. The first-order valence-electron chi connectivity index (χ1n) is 6.75. The van der Waals surface area contributed by atoms with E-state index in [1.807, 2.05) is 13.8 Å². The molecule has 2 atom stereocenters. The summed E-state index contributed by atoms with van der Waals surface area (Å²) in [7, 11) is 1.56. The Labute approximate surface area is 123 Å². The summed E-state index contributed by atoms with van der Waals surface area (Å²) < 4.78 is 5.02. The van der Waals surface area contributed by atoms with Crippen molar-refractivity contribution in [3.63, 3.8) is 0 Å². The van der Waals surface area contributed by atoms with Crippen molar-refractivity contribution >= 4 is 12.0 Å². The Balaban J connectivity index is 2.68. The fraction of sp³-hybridized carbons (Fsp3) is 0.615. The van der Waals surface area contributed by atoms with Gasteiger partial charge in [-0.25, -0.2) is 14.6 Å². The number of hydrogen-bond donors (Lipinski definition) is 3. The van der Waals surface area contributed by atoms with E-state index in [0.29, 0.717) is 18.8 Å². The number of rotatable bonds is 8. The molecule has 0 radical (unpaired) electrons. The normalized spacial score (nSPS) is 13.5. The predicted molar refractivity (Wildman–Crippen MR) is 76.0 cm³/mol. The van der Waals surface area contributed by atoms with Crippen LogP contribution in [0.1, 0.15) is 19.5 Å². The Morgan fingerprint density at radius 3 is 2.76 bits per heavy atom. The Hall–Kier alpha value is -2.09. The highest BCUT2D eigenvalue weighted by molar-refractivity contribution is 5.82. The van der Waals surface area contributed by atoms with Gasteiger partial charge in [-0.05, 0) is 13.8 Å². The summed E-state index contributed by atoms with van der Waals surface area (Å²) >= 11 is 0. The van der Waals surface area contributed by atoms with E-state index in [9.17, 15) is 14.7 Å². The molecule has 0 aliphatic carbocycles. The summed E-state index contributed by atoms with van der Waals surface area (Å²) in [6, 6.07) is -1.57. The number of methoxy groups -OCH3 is 1. The number of carboxylic acid groups (broad SMARTS) is 1. The Bertz CT molecular complexity index is 449. The maximum atomic E-state index is 12.2. The Morgan fingerprint density at radius 1 is 1.57 bits per heavy atom. The molecule has 21 heavy (non-hydrogen) atoms. The van der Waals surface area contributed by atoms with Crippen LogP contribution in [0.4, 0.5) is 4.79 Å². The molecule has 118 valence electrons. The topological polar surface area (TPSA) is 108 Å². The first kappa shape index (κ1) is 17.0. The zero-order valence-corrected chi connectivity index (χ0v) is 12.5. The smallest absolute Gasteiger partial charge is 0.326 e. The van der Waals surface area contributed by atoms with Gasteiger partial charge in [-0.1, -0.05) is 0 Å². The van der Waals surface area contributed by atoms with Gasteiger partial charge < -0.3 is 25.0 Å². The number of ether oxygens (including phenoxy) is 1. The lowest BCUT2D eigenvalue weighted by atomic mass is 10.1. The molecule has 0 aliphatic rings. The molecule has 3 N–H and O–H groups in total. The van der Waals surface area contributed by atoms with E-state index in [1.54, 1.807) is 7.11 Å². The van der Waals surface area contributed by atoms with Crippen molar-refractivity contribution in [2.45, 2.75) is 32.4 Å². The molecule has 8 heteroatoms. The van der Waals surface area contributed by atoms with Gasteiger partial charge in [0.05, 0.1) is 19.0 Å². The number of aliphatic carboxylic acids is 1. The van der Waals surface area contributed by atoms with Crippen LogP contribution in [0.3, 0.4) is 0 Å². The lowest BCUT2D eigenvalue weighted by Gasteiger charge is -2.29. The lowest BCUT2D eigenvalue weighted by molar-refractivity contribution is -0.139. The number of imidazole rings is 1. The number of aromatic nitrogens is 2. The van der Waals surface area contributed by atoms with Crippen LogP contribution in [0, 0.1) is 0 Å². The summed E-state index contributed by atoms with van der Waals surface area (Å²) in [5, 5.41) is 11.8. The minimum absolute atomic E-state index is 0.137. The number of urea groups is 1. The second-order valence-corrected chi connectivity index (χ2v) is 4.71. The van der Waals surface area contributed by atoms with Gasteiger partial charge in [-0.3, -0.25) is 0 Å². The highest BCUT2D eigenvalue weighted by Gasteiger charge is 2.25. The van der Waals surface area contributed by atoms with Crippen LogP contribution >= 0.6 is 0 Å². The lowest BCUT2D eigenvalue weighted by Crippen LogP contribution is -2.52. The molecule has 0 saturated heterocycles. The number of carboxylic acids is 1. The van der Waals surface area contributed by atoms with Crippen LogP contribution in [-0.4, -0.2) is 64.3 Å². The van der Waals surface area contributed by atoms with Crippen molar-refractivity contribution in [1.82, 2.24) is 20.2 Å². The molecular formula is C13H22N4O4. The van der Waals surface area contributed by atoms with Crippen molar-refractivity contribution in [2.24, 2.45) is 0 Å². The molecule has 0 aromatic carbocycles. The molecule has 1 rings (SSSR count). The maximum absolute atomic E-state index is 12.2. The van der Waals surface area contributed by atoms with Crippen LogP contribution in [0.5, 0.6) is 0 Å². The van der Waals surface area contributed by atoms with E-state index in [1.165, 1.54) is 17.4 Å². The van der Waals surface area contributed by atoms with Crippen molar-refractivity contribution < 1.29 is 19.4 Å². The van der Waals surface area contributed by atoms with Gasteiger partial charge in [-0.15, -0.1) is 0 Å². The standard InChI is InChI=1S/C13H22N4O4/c1-4-17(9(2)7-21-3)13(20)16-11(12(18)19)5-10-6-14-8-15-10/h6,8-9,11H,4-5,7H2,1-3H3,(H,14,15)(H,16,20)(H,18,19)/t9?,11-/m0/s1. The van der Waals surface area contributed by atoms with Crippen LogP contribution in [-0.2, 0) is 16.0 Å². The summed E-state index contributed by atoms with van der Waals surface area (Å²) in [4.78, 5) is 31.7. The summed E-state index contributed by atoms with van der Waals surface area (Å²) in [6.07, 6.45) is 3.15. The van der Waals surface area contributed by atoms with E-state index >= 15 is 0 Å². The van der Waals surface area contributed by atoms with Crippen molar-refractivity contribution in [3.05, 3.63) is 18.2 Å². The second-order valence-electron chi connectivity index (χ2n) is 4.71. The largest absolute Gasteiger partial charge is 0.480 e. The van der Waals surface area contributed by atoms with Crippen LogP contribution in [0.25, 0.3) is 0 Å². The van der Waals surface area contributed by atoms with Crippen LogP contribution in [0.15, 0.2) is 12.5 Å². The van der Waals surface area contributed by atoms with Crippen molar-refractivity contribution in [3.8, 4) is 0 Å². The second kappa shape index (κ2) is 8.25. The molecule has 1 aromatic rings. The fourth-order valence-corrected chi connectivity index (χ4v) is 2.03. The molecule has 0 aliphatic heterocycles. The fourth-order valence-electron chi connectivity index (χ4n) is 2.03. The molecule has 1 unspecified atom stereocenters. The van der Waals surface area contributed by atoms with Gasteiger partial charge in [0.25, 0.3) is 0 Å². The minimum atomic E-state index is -1.09. The molecule has 0 saturated carbocycles. The van der Waals surface area contributed by atoms with Crippen molar-refractivity contribution in [2.75, 3.05) is 20.3 Å². The molecule has 0 bridgehead atoms. The molecule has 0 spiro atoms. The van der Waals surface area contributed by atoms with E-state index in [-0.39, 0.29) is 12.5 Å². The number of hydrogen-bond acceptors (Lipinski definition) is 4. The Kier molecular flexibility index (Phi) is 6.67. The zero-order valence-electron chi connectivity index (χ0n) is 12.5. The third-order valence-electron chi connectivity index (χ3n) is 3.12. The number of amides is 2. The van der Waals surface area contributed by atoms with Crippen LogP contribution < -0.4 is 5.32 Å². The third kappa shape index (κ3) is 5.07. The zero-order chi connectivity index (χ0) is 15.8. The maximum Gasteiger partial charge on any atom is 0.326 e. The average Bonchev–Trinajstić information content (AvgIpc) is 2.92. The van der Waals surface area contributed by atoms with E-state index in [0.717, 1.165) is 0 Å². The van der Waals surface area contributed by atoms with Gasteiger partial charge in [0, 0.05) is 32.0 Å². The summed E-state index contributed by atoms with van der Waals surface area (Å²) in [6.45, 7) is 4.53. The first-order chi connectivity index (χ1) is 9.99. The highest BCUT2D eigenvalue weighted by atomic mass is 16.5.